The highest BCUT2D eigenvalue weighted by molar-refractivity contribution is 6.05. The Labute approximate surface area is 107 Å². The first-order valence-electron chi connectivity index (χ1n) is 6.01. The fraction of sp³-hybridized carbons (Fsp3) is 0.429. The average Bonchev–Trinajstić information content (AvgIpc) is 2.25. The van der Waals surface area contributed by atoms with Crippen molar-refractivity contribution in [2.24, 2.45) is 0 Å². The number of hydrogen-bond donors (Lipinski definition) is 0. The third kappa shape index (κ3) is 2.53. The molecule has 1 heterocycles. The van der Waals surface area contributed by atoms with Crippen LogP contribution in [0.5, 0.6) is 0 Å². The molecule has 0 aliphatic carbocycles. The smallest absolute Gasteiger partial charge is 0.340 e. The molecule has 1 fully saturated rings. The summed E-state index contributed by atoms with van der Waals surface area (Å²) in [5.74, 6) is -0.344. The van der Waals surface area contributed by atoms with E-state index in [0.29, 0.717) is 24.2 Å². The monoisotopic (exact) mass is 247 g/mol. The quantitative estimate of drug-likeness (QED) is 0.595. The number of amides is 1. The maximum Gasteiger partial charge on any atom is 0.340 e. The SMILES string of the molecule is CC(C)(C)OC(=O)c1ccccc1N1CCC1=O. The van der Waals surface area contributed by atoms with Crippen LogP contribution in [0.1, 0.15) is 37.6 Å². The van der Waals surface area contributed by atoms with Crippen molar-refractivity contribution in [1.29, 1.82) is 0 Å². The van der Waals surface area contributed by atoms with Gasteiger partial charge in [0.25, 0.3) is 0 Å². The Hall–Kier alpha value is -1.84. The van der Waals surface area contributed by atoms with E-state index in [0.717, 1.165) is 0 Å². The molecule has 0 saturated carbocycles. The van der Waals surface area contributed by atoms with Crippen molar-refractivity contribution >= 4 is 17.6 Å². The van der Waals surface area contributed by atoms with E-state index in [9.17, 15) is 9.59 Å². The van der Waals surface area contributed by atoms with Crippen molar-refractivity contribution in [3.05, 3.63) is 29.8 Å². The normalized spacial score (nSPS) is 15.3. The lowest BCUT2D eigenvalue weighted by Crippen LogP contribution is -2.44. The Balaban J connectivity index is 2.27. The van der Waals surface area contributed by atoms with Crippen molar-refractivity contribution in [1.82, 2.24) is 0 Å². The number of carbonyl (C=O) groups excluding carboxylic acids is 2. The lowest BCUT2D eigenvalue weighted by Gasteiger charge is -2.32. The number of β-lactam (4-membered cyclic amide) rings is 1. The Morgan fingerprint density at radius 2 is 1.94 bits per heavy atom. The molecule has 2 rings (SSSR count). The number of benzene rings is 1. The third-order valence-electron chi connectivity index (χ3n) is 2.66. The van der Waals surface area contributed by atoms with Crippen molar-refractivity contribution in [3.63, 3.8) is 0 Å². The van der Waals surface area contributed by atoms with E-state index in [1.807, 2.05) is 26.8 Å². The molecular formula is C14H17NO3. The van der Waals surface area contributed by atoms with Gasteiger partial charge in [-0.15, -0.1) is 0 Å². The van der Waals surface area contributed by atoms with Crippen LogP contribution in [0.25, 0.3) is 0 Å². The molecule has 0 bridgehead atoms. The summed E-state index contributed by atoms with van der Waals surface area (Å²) >= 11 is 0. The Morgan fingerprint density at radius 3 is 2.44 bits per heavy atom. The minimum atomic E-state index is -0.539. The average molecular weight is 247 g/mol. The highest BCUT2D eigenvalue weighted by Gasteiger charge is 2.29. The standard InChI is InChI=1S/C14H17NO3/c1-14(2,3)18-13(17)10-6-4-5-7-11(10)15-9-8-12(15)16/h4-7H,8-9H2,1-3H3. The summed E-state index contributed by atoms with van der Waals surface area (Å²) in [6.07, 6.45) is 0.544. The first kappa shape index (κ1) is 12.6. The van der Waals surface area contributed by atoms with Gasteiger partial charge in [-0.25, -0.2) is 4.79 Å². The van der Waals surface area contributed by atoms with Crippen LogP contribution in [-0.2, 0) is 9.53 Å². The van der Waals surface area contributed by atoms with E-state index in [2.05, 4.69) is 0 Å². The zero-order chi connectivity index (χ0) is 13.3. The van der Waals surface area contributed by atoms with E-state index in [1.165, 1.54) is 0 Å². The van der Waals surface area contributed by atoms with Gasteiger partial charge in [0.05, 0.1) is 11.3 Å². The lowest BCUT2D eigenvalue weighted by molar-refractivity contribution is -0.122. The second-order valence-electron chi connectivity index (χ2n) is 5.31. The van der Waals surface area contributed by atoms with Crippen LogP contribution >= 0.6 is 0 Å². The van der Waals surface area contributed by atoms with Gasteiger partial charge in [0.15, 0.2) is 0 Å². The molecule has 1 aromatic rings. The second-order valence-corrected chi connectivity index (χ2v) is 5.31. The number of nitrogens with zero attached hydrogens (tertiary/aromatic N) is 1. The molecule has 4 heteroatoms. The van der Waals surface area contributed by atoms with Gasteiger partial charge < -0.3 is 9.64 Å². The van der Waals surface area contributed by atoms with Crippen LogP contribution in [0.2, 0.25) is 0 Å². The molecule has 1 amide bonds. The van der Waals surface area contributed by atoms with Crippen molar-refractivity contribution in [2.75, 3.05) is 11.4 Å². The molecule has 18 heavy (non-hydrogen) atoms. The summed E-state index contributed by atoms with van der Waals surface area (Å²) in [6.45, 7) is 6.13. The van der Waals surface area contributed by atoms with Crippen LogP contribution in [0, 0.1) is 0 Å². The summed E-state index contributed by atoms with van der Waals surface area (Å²) < 4.78 is 5.34. The van der Waals surface area contributed by atoms with Gasteiger partial charge in [0.1, 0.15) is 5.60 Å². The number of carbonyl (C=O) groups is 2. The van der Waals surface area contributed by atoms with Crippen molar-refractivity contribution in [2.45, 2.75) is 32.8 Å². The minimum absolute atomic E-state index is 0.0472. The predicted molar refractivity (Wildman–Crippen MR) is 68.6 cm³/mol. The van der Waals surface area contributed by atoms with Gasteiger partial charge in [-0.2, -0.15) is 0 Å². The zero-order valence-electron chi connectivity index (χ0n) is 10.9. The fourth-order valence-corrected chi connectivity index (χ4v) is 1.78. The summed E-state index contributed by atoms with van der Waals surface area (Å²) in [4.78, 5) is 25.1. The van der Waals surface area contributed by atoms with E-state index in [1.54, 1.807) is 23.1 Å². The second kappa shape index (κ2) is 4.44. The van der Waals surface area contributed by atoms with Gasteiger partial charge in [-0.3, -0.25) is 4.79 Å². The summed E-state index contributed by atoms with van der Waals surface area (Å²) in [5, 5.41) is 0. The lowest BCUT2D eigenvalue weighted by atomic mass is 10.1. The molecule has 0 N–H and O–H groups in total. The molecule has 0 unspecified atom stereocenters. The molecule has 1 aliphatic heterocycles. The number of ether oxygens (including phenoxy) is 1. The maximum absolute atomic E-state index is 12.1. The third-order valence-corrected chi connectivity index (χ3v) is 2.66. The van der Waals surface area contributed by atoms with Gasteiger partial charge in [0.2, 0.25) is 5.91 Å². The Morgan fingerprint density at radius 1 is 1.28 bits per heavy atom. The predicted octanol–water partition coefficient (Wildman–Crippen LogP) is 2.38. The van der Waals surface area contributed by atoms with Crippen LogP contribution < -0.4 is 4.90 Å². The molecule has 1 saturated heterocycles. The first-order chi connectivity index (χ1) is 8.38. The number of esters is 1. The van der Waals surface area contributed by atoms with Gasteiger partial charge in [-0.05, 0) is 32.9 Å². The molecule has 0 atom stereocenters. The molecular weight excluding hydrogens is 230 g/mol. The zero-order valence-corrected chi connectivity index (χ0v) is 10.9. The molecule has 4 nitrogen and oxygen atoms in total. The minimum Gasteiger partial charge on any atom is -0.456 e. The van der Waals surface area contributed by atoms with Crippen LogP contribution in [-0.4, -0.2) is 24.0 Å². The fourth-order valence-electron chi connectivity index (χ4n) is 1.78. The summed E-state index contributed by atoms with van der Waals surface area (Å²) in [5.41, 5.74) is 0.548. The highest BCUT2D eigenvalue weighted by Crippen LogP contribution is 2.27. The number of rotatable bonds is 2. The van der Waals surface area contributed by atoms with Crippen LogP contribution in [0.4, 0.5) is 5.69 Å². The highest BCUT2D eigenvalue weighted by atomic mass is 16.6. The van der Waals surface area contributed by atoms with E-state index in [-0.39, 0.29) is 5.91 Å². The first-order valence-corrected chi connectivity index (χ1v) is 6.01. The number of hydrogen-bond acceptors (Lipinski definition) is 3. The maximum atomic E-state index is 12.1. The molecule has 1 aliphatic rings. The Bertz CT molecular complexity index is 488. The van der Waals surface area contributed by atoms with Gasteiger partial charge in [-0.1, -0.05) is 12.1 Å². The van der Waals surface area contributed by atoms with Crippen LogP contribution in [0.15, 0.2) is 24.3 Å². The topological polar surface area (TPSA) is 46.6 Å². The van der Waals surface area contributed by atoms with Crippen molar-refractivity contribution < 1.29 is 14.3 Å². The summed E-state index contributed by atoms with van der Waals surface area (Å²) in [6, 6.07) is 7.05. The number of para-hydroxylation sites is 1. The van der Waals surface area contributed by atoms with Crippen LogP contribution in [0.3, 0.4) is 0 Å². The molecule has 1 aromatic carbocycles. The largest absolute Gasteiger partial charge is 0.456 e. The van der Waals surface area contributed by atoms with E-state index >= 15 is 0 Å². The van der Waals surface area contributed by atoms with Crippen molar-refractivity contribution in [3.8, 4) is 0 Å². The Kier molecular flexibility index (Phi) is 3.11. The van der Waals surface area contributed by atoms with E-state index < -0.39 is 11.6 Å². The molecule has 0 aromatic heterocycles. The molecule has 0 radical (unpaired) electrons. The van der Waals surface area contributed by atoms with E-state index in [4.69, 9.17) is 4.74 Å². The summed E-state index contributed by atoms with van der Waals surface area (Å²) in [7, 11) is 0. The number of anilines is 1. The molecule has 0 spiro atoms. The van der Waals surface area contributed by atoms with Gasteiger partial charge >= 0.3 is 5.97 Å². The van der Waals surface area contributed by atoms with Gasteiger partial charge in [0, 0.05) is 13.0 Å². The molecule has 96 valence electrons.